The molecule has 3 heterocycles. The minimum absolute atomic E-state index is 0.176. The predicted octanol–water partition coefficient (Wildman–Crippen LogP) is 3.89. The lowest BCUT2D eigenvalue weighted by molar-refractivity contribution is -0.0527. The Morgan fingerprint density at radius 3 is 1.36 bits per heavy atom. The third-order valence-corrected chi connectivity index (χ3v) is 5.37. The molecule has 0 saturated heterocycles. The van der Waals surface area contributed by atoms with Crippen LogP contribution < -0.4 is 0 Å². The molecule has 0 aliphatic rings. The molecule has 25 heavy (non-hydrogen) atoms. The average Bonchev–Trinajstić information content (AvgIpc) is 3.40. The van der Waals surface area contributed by atoms with E-state index < -0.39 is 9.05 Å². The van der Waals surface area contributed by atoms with Crippen LogP contribution in [0.4, 0.5) is 0 Å². The maximum absolute atomic E-state index is 5.91. The largest absolute Gasteiger partial charge is 0.680 e. The van der Waals surface area contributed by atoms with E-state index in [0.717, 1.165) is 0 Å². The van der Waals surface area contributed by atoms with E-state index in [9.17, 15) is 0 Å². The van der Waals surface area contributed by atoms with Gasteiger partial charge < -0.3 is 31.0 Å². The summed E-state index contributed by atoms with van der Waals surface area (Å²) >= 11 is 0. The molecule has 0 bridgehead atoms. The highest BCUT2D eigenvalue weighted by Crippen LogP contribution is 2.20. The van der Waals surface area contributed by atoms with Crippen molar-refractivity contribution in [2.24, 2.45) is 0 Å². The Labute approximate surface area is 146 Å². The first kappa shape index (κ1) is 17.7. The van der Waals surface area contributed by atoms with Crippen LogP contribution in [0, 0.1) is 0 Å². The van der Waals surface area contributed by atoms with Gasteiger partial charge in [0.15, 0.2) is 0 Å². The molecule has 0 spiro atoms. The van der Waals surface area contributed by atoms with Gasteiger partial charge in [-0.1, -0.05) is 0 Å². The van der Waals surface area contributed by atoms with E-state index in [4.69, 9.17) is 31.0 Å². The quantitative estimate of drug-likeness (QED) is 0.478. The summed E-state index contributed by atoms with van der Waals surface area (Å²) in [6.07, 6.45) is 4.74. The Morgan fingerprint density at radius 1 is 0.680 bits per heavy atom. The van der Waals surface area contributed by atoms with E-state index in [2.05, 4.69) is 0 Å². The molecule has 0 aromatic carbocycles. The topological polar surface area (TPSA) is 76.3 Å². The second-order valence-corrected chi connectivity index (χ2v) is 7.19. The summed E-state index contributed by atoms with van der Waals surface area (Å²) in [6.45, 7) is 2.76. The molecule has 0 atom stereocenters. The molecule has 7 nitrogen and oxygen atoms in total. The maximum atomic E-state index is 5.91. The van der Waals surface area contributed by atoms with Crippen molar-refractivity contribution in [1.29, 1.82) is 0 Å². The van der Waals surface area contributed by atoms with Gasteiger partial charge in [0, 0.05) is 6.61 Å². The highest BCUT2D eigenvalue weighted by molar-refractivity contribution is 6.53. The maximum Gasteiger partial charge on any atom is 0.680 e. The van der Waals surface area contributed by atoms with Crippen molar-refractivity contribution in [3.63, 3.8) is 0 Å². The normalized spacial score (nSPS) is 11.9. The minimum atomic E-state index is -3.44. The van der Waals surface area contributed by atoms with Gasteiger partial charge in [-0.2, -0.15) is 0 Å². The van der Waals surface area contributed by atoms with Gasteiger partial charge in [0.2, 0.25) is 0 Å². The molecule has 0 unspecified atom stereocenters. The van der Waals surface area contributed by atoms with Gasteiger partial charge in [-0.05, 0) is 43.3 Å². The standard InChI is InChI=1S/C17H20O7Si/c1-2-21-25(22-12-15-6-3-9-18-15,23-13-16-7-4-10-19-16)24-14-17-8-5-11-20-17/h3-11H,2,12-14H2,1H3. The predicted molar refractivity (Wildman–Crippen MR) is 87.9 cm³/mol. The molecule has 0 amide bonds. The van der Waals surface area contributed by atoms with Crippen LogP contribution in [0.15, 0.2) is 68.4 Å². The third-order valence-electron chi connectivity index (χ3n) is 3.24. The molecule has 0 aliphatic heterocycles. The van der Waals surface area contributed by atoms with Crippen molar-refractivity contribution in [3.05, 3.63) is 72.5 Å². The molecule has 134 valence electrons. The Morgan fingerprint density at radius 2 is 1.08 bits per heavy atom. The first-order chi connectivity index (χ1) is 12.3. The second-order valence-electron chi connectivity index (χ2n) is 5.04. The Bertz CT molecular complexity index is 598. The highest BCUT2D eigenvalue weighted by atomic mass is 28.4. The molecule has 0 saturated carbocycles. The third kappa shape index (κ3) is 5.18. The zero-order chi connectivity index (χ0) is 17.4. The number of hydrogen-bond acceptors (Lipinski definition) is 7. The summed E-state index contributed by atoms with van der Waals surface area (Å²) in [7, 11) is -3.44. The monoisotopic (exact) mass is 364 g/mol. The number of furan rings is 3. The van der Waals surface area contributed by atoms with Crippen LogP contribution in [0.1, 0.15) is 24.2 Å². The van der Waals surface area contributed by atoms with E-state index in [0.29, 0.717) is 23.9 Å². The van der Waals surface area contributed by atoms with Crippen LogP contribution >= 0.6 is 0 Å². The number of hydrogen-bond donors (Lipinski definition) is 0. The SMILES string of the molecule is CCO[Si](OCc1ccco1)(OCc1ccco1)OCc1ccco1. The highest BCUT2D eigenvalue weighted by Gasteiger charge is 2.46. The van der Waals surface area contributed by atoms with Crippen LogP contribution in [0.2, 0.25) is 0 Å². The molecule has 3 aromatic heterocycles. The van der Waals surface area contributed by atoms with Crippen molar-refractivity contribution >= 4 is 9.05 Å². The Kier molecular flexibility index (Phi) is 6.26. The van der Waals surface area contributed by atoms with Crippen molar-refractivity contribution < 1.29 is 31.0 Å². The summed E-state index contributed by atoms with van der Waals surface area (Å²) < 4.78 is 39.4. The van der Waals surface area contributed by atoms with E-state index in [1.165, 1.54) is 0 Å². The van der Waals surface area contributed by atoms with Crippen LogP contribution in [0.5, 0.6) is 0 Å². The number of rotatable bonds is 11. The van der Waals surface area contributed by atoms with Crippen molar-refractivity contribution in [2.75, 3.05) is 6.61 Å². The van der Waals surface area contributed by atoms with E-state index in [1.807, 2.05) is 25.1 Å². The lowest BCUT2D eigenvalue weighted by Crippen LogP contribution is -2.48. The van der Waals surface area contributed by atoms with Gasteiger partial charge in [0.1, 0.15) is 17.3 Å². The average molecular weight is 364 g/mol. The minimum Gasteiger partial charge on any atom is -0.467 e. The zero-order valence-electron chi connectivity index (χ0n) is 13.9. The van der Waals surface area contributed by atoms with Gasteiger partial charge in [-0.25, -0.2) is 0 Å². The van der Waals surface area contributed by atoms with E-state index in [1.54, 1.807) is 37.0 Å². The Balaban J connectivity index is 1.69. The fraction of sp³-hybridized carbons (Fsp3) is 0.294. The van der Waals surface area contributed by atoms with Gasteiger partial charge >= 0.3 is 9.05 Å². The van der Waals surface area contributed by atoms with E-state index in [-0.39, 0.29) is 19.8 Å². The lowest BCUT2D eigenvalue weighted by atomic mass is 10.5. The first-order valence-electron chi connectivity index (χ1n) is 7.92. The molecule has 8 heteroatoms. The van der Waals surface area contributed by atoms with Crippen molar-refractivity contribution in [1.82, 2.24) is 0 Å². The molecule has 3 aromatic rings. The van der Waals surface area contributed by atoms with E-state index >= 15 is 0 Å². The molecule has 0 fully saturated rings. The van der Waals surface area contributed by atoms with Crippen molar-refractivity contribution in [2.45, 2.75) is 26.7 Å². The van der Waals surface area contributed by atoms with Crippen LogP contribution in [-0.4, -0.2) is 15.7 Å². The molecule has 3 rings (SSSR count). The second kappa shape index (κ2) is 8.84. The van der Waals surface area contributed by atoms with Gasteiger partial charge in [0.25, 0.3) is 0 Å². The molecular weight excluding hydrogens is 344 g/mol. The van der Waals surface area contributed by atoms with Gasteiger partial charge in [0.05, 0.1) is 38.6 Å². The first-order valence-corrected chi connectivity index (χ1v) is 9.56. The molecule has 0 radical (unpaired) electrons. The molecule has 0 aliphatic carbocycles. The van der Waals surface area contributed by atoms with Gasteiger partial charge in [-0.15, -0.1) is 0 Å². The summed E-state index contributed by atoms with van der Waals surface area (Å²) in [6, 6.07) is 10.8. The summed E-state index contributed by atoms with van der Waals surface area (Å²) in [5, 5.41) is 0. The fourth-order valence-electron chi connectivity index (χ4n) is 2.09. The summed E-state index contributed by atoms with van der Waals surface area (Å²) in [4.78, 5) is 0. The molecule has 0 N–H and O–H groups in total. The smallest absolute Gasteiger partial charge is 0.467 e. The lowest BCUT2D eigenvalue weighted by Gasteiger charge is -2.26. The Hall–Kier alpha value is -2.10. The fourth-order valence-corrected chi connectivity index (χ4v) is 3.90. The molecular formula is C17H20O7Si. The van der Waals surface area contributed by atoms with Crippen LogP contribution in [0.25, 0.3) is 0 Å². The van der Waals surface area contributed by atoms with Crippen molar-refractivity contribution in [3.8, 4) is 0 Å². The van der Waals surface area contributed by atoms with Gasteiger partial charge in [-0.3, -0.25) is 0 Å². The van der Waals surface area contributed by atoms with Crippen LogP contribution in [0.3, 0.4) is 0 Å². The zero-order valence-corrected chi connectivity index (χ0v) is 14.9. The summed E-state index contributed by atoms with van der Waals surface area (Å²) in [5.74, 6) is 1.96. The summed E-state index contributed by atoms with van der Waals surface area (Å²) in [5.41, 5.74) is 0. The van der Waals surface area contributed by atoms with Crippen LogP contribution in [-0.2, 0) is 37.5 Å².